The molecule has 1 aromatic heterocycles. The molecule has 0 aliphatic carbocycles. The summed E-state index contributed by atoms with van der Waals surface area (Å²) >= 11 is 5.92. The summed E-state index contributed by atoms with van der Waals surface area (Å²) in [4.78, 5) is 26.8. The molecule has 0 bridgehead atoms. The van der Waals surface area contributed by atoms with Crippen molar-refractivity contribution in [1.82, 2.24) is 4.98 Å². The van der Waals surface area contributed by atoms with Crippen molar-refractivity contribution in [3.8, 4) is 0 Å². The molecule has 21 heavy (non-hydrogen) atoms. The summed E-state index contributed by atoms with van der Waals surface area (Å²) in [7, 11) is 0. The van der Waals surface area contributed by atoms with Crippen LogP contribution in [0.25, 0.3) is 0 Å². The molecule has 0 atom stereocenters. The number of carboxylic acid groups (broad SMARTS) is 1. The van der Waals surface area contributed by atoms with Gasteiger partial charge in [0.15, 0.2) is 0 Å². The quantitative estimate of drug-likeness (QED) is 0.810. The molecule has 6 nitrogen and oxygen atoms in total. The molecule has 0 spiro atoms. The van der Waals surface area contributed by atoms with E-state index in [4.69, 9.17) is 16.7 Å². The number of nitrogens with one attached hydrogen (secondary N) is 2. The lowest BCUT2D eigenvalue weighted by atomic mass is 10.2. The van der Waals surface area contributed by atoms with Gasteiger partial charge in [-0.15, -0.1) is 0 Å². The number of hydrogen-bond donors (Lipinski definition) is 3. The van der Waals surface area contributed by atoms with Crippen molar-refractivity contribution in [2.24, 2.45) is 0 Å². The van der Waals surface area contributed by atoms with Crippen molar-refractivity contribution in [2.45, 2.75) is 6.92 Å². The lowest BCUT2D eigenvalue weighted by molar-refractivity contribution is 0.0697. The minimum atomic E-state index is -1.10. The molecule has 108 valence electrons. The zero-order valence-electron chi connectivity index (χ0n) is 11.1. The number of carbonyl (C=O) groups is 2. The average molecular weight is 306 g/mol. The molecule has 0 unspecified atom stereocenters. The molecular weight excluding hydrogens is 294 g/mol. The van der Waals surface area contributed by atoms with E-state index in [-0.39, 0.29) is 16.3 Å². The number of hydrogen-bond acceptors (Lipinski definition) is 3. The van der Waals surface area contributed by atoms with Gasteiger partial charge in [0.05, 0.1) is 28.2 Å². The first-order chi connectivity index (χ1) is 9.95. The number of carbonyl (C=O) groups excluding carboxylic acids is 1. The predicted octanol–water partition coefficient (Wildman–Crippen LogP) is 3.39. The van der Waals surface area contributed by atoms with Crippen molar-refractivity contribution in [2.75, 3.05) is 10.6 Å². The number of aromatic carboxylic acids is 1. The molecule has 0 aliphatic heterocycles. The van der Waals surface area contributed by atoms with Crippen LogP contribution in [0.4, 0.5) is 16.2 Å². The Morgan fingerprint density at radius 3 is 2.57 bits per heavy atom. The van der Waals surface area contributed by atoms with Crippen LogP contribution in [-0.4, -0.2) is 22.1 Å². The maximum absolute atomic E-state index is 11.8. The molecule has 3 N–H and O–H groups in total. The van der Waals surface area contributed by atoms with Crippen molar-refractivity contribution < 1.29 is 14.7 Å². The highest BCUT2D eigenvalue weighted by atomic mass is 35.5. The third kappa shape index (κ3) is 3.93. The van der Waals surface area contributed by atoms with Crippen LogP contribution in [0, 0.1) is 6.92 Å². The summed E-state index contributed by atoms with van der Waals surface area (Å²) in [6.07, 6.45) is 1.52. The summed E-state index contributed by atoms with van der Waals surface area (Å²) in [6, 6.07) is 6.99. The fraction of sp³-hybridized carbons (Fsp3) is 0.0714. The monoisotopic (exact) mass is 305 g/mol. The number of benzene rings is 1. The Balaban J connectivity index is 2.10. The number of halogens is 1. The van der Waals surface area contributed by atoms with Gasteiger partial charge in [-0.1, -0.05) is 11.6 Å². The smallest absolute Gasteiger partial charge is 0.335 e. The van der Waals surface area contributed by atoms with Crippen LogP contribution in [0.5, 0.6) is 0 Å². The van der Waals surface area contributed by atoms with Crippen molar-refractivity contribution in [3.05, 3.63) is 52.8 Å². The highest BCUT2D eigenvalue weighted by Gasteiger charge is 2.10. The zero-order chi connectivity index (χ0) is 15.4. The number of rotatable bonds is 3. The Kier molecular flexibility index (Phi) is 4.39. The van der Waals surface area contributed by atoms with E-state index >= 15 is 0 Å². The average Bonchev–Trinajstić information content (AvgIpc) is 2.43. The molecule has 0 saturated carbocycles. The van der Waals surface area contributed by atoms with Crippen molar-refractivity contribution in [1.29, 1.82) is 0 Å². The van der Waals surface area contributed by atoms with Gasteiger partial charge in [-0.3, -0.25) is 4.98 Å². The number of aromatic nitrogens is 1. The number of anilines is 2. The van der Waals surface area contributed by atoms with Crippen LogP contribution in [0.1, 0.15) is 16.1 Å². The molecule has 1 heterocycles. The molecule has 2 amide bonds. The summed E-state index contributed by atoms with van der Waals surface area (Å²) in [6.45, 7) is 1.83. The Bertz CT molecular complexity index is 686. The Morgan fingerprint density at radius 2 is 1.95 bits per heavy atom. The van der Waals surface area contributed by atoms with E-state index in [1.165, 1.54) is 24.4 Å². The first-order valence-electron chi connectivity index (χ1n) is 5.99. The van der Waals surface area contributed by atoms with Gasteiger partial charge in [0.1, 0.15) is 0 Å². The van der Waals surface area contributed by atoms with Gasteiger partial charge < -0.3 is 15.7 Å². The fourth-order valence-electron chi connectivity index (χ4n) is 1.58. The highest BCUT2D eigenvalue weighted by molar-refractivity contribution is 6.34. The third-order valence-electron chi connectivity index (χ3n) is 2.63. The second kappa shape index (κ2) is 6.23. The zero-order valence-corrected chi connectivity index (χ0v) is 11.8. The van der Waals surface area contributed by atoms with Crippen LogP contribution in [-0.2, 0) is 0 Å². The molecule has 2 rings (SSSR count). The molecule has 7 heteroatoms. The van der Waals surface area contributed by atoms with E-state index in [0.29, 0.717) is 5.69 Å². The lowest BCUT2D eigenvalue weighted by Gasteiger charge is -2.09. The first kappa shape index (κ1) is 14.8. The Morgan fingerprint density at radius 1 is 1.19 bits per heavy atom. The predicted molar refractivity (Wildman–Crippen MR) is 80.0 cm³/mol. The molecule has 2 aromatic rings. The standard InChI is InChI=1S/C14H12ClN3O3/c1-8-2-4-10(7-16-8)17-14(21)18-12-6-9(13(19)20)3-5-11(12)15/h2-7H,1H3,(H,19,20)(H2,17,18,21). The number of nitrogens with zero attached hydrogens (tertiary/aromatic N) is 1. The van der Waals surface area contributed by atoms with Gasteiger partial charge in [0.2, 0.25) is 0 Å². The van der Waals surface area contributed by atoms with E-state index in [1.54, 1.807) is 12.1 Å². The minimum Gasteiger partial charge on any atom is -0.478 e. The van der Waals surface area contributed by atoms with E-state index < -0.39 is 12.0 Å². The van der Waals surface area contributed by atoms with Gasteiger partial charge in [-0.05, 0) is 37.3 Å². The van der Waals surface area contributed by atoms with Crippen LogP contribution in [0.15, 0.2) is 36.5 Å². The topological polar surface area (TPSA) is 91.3 Å². The van der Waals surface area contributed by atoms with Gasteiger partial charge >= 0.3 is 12.0 Å². The van der Waals surface area contributed by atoms with Crippen LogP contribution in [0.2, 0.25) is 5.02 Å². The van der Waals surface area contributed by atoms with Gasteiger partial charge in [0.25, 0.3) is 0 Å². The molecule has 0 aliphatic rings. The van der Waals surface area contributed by atoms with Crippen LogP contribution in [0.3, 0.4) is 0 Å². The van der Waals surface area contributed by atoms with E-state index in [0.717, 1.165) is 5.69 Å². The number of urea groups is 1. The summed E-state index contributed by atoms with van der Waals surface area (Å²) in [5.74, 6) is -1.10. The SMILES string of the molecule is Cc1ccc(NC(=O)Nc2cc(C(=O)O)ccc2Cl)cn1. The number of carboxylic acids is 1. The lowest BCUT2D eigenvalue weighted by Crippen LogP contribution is -2.20. The number of amides is 2. The number of pyridine rings is 1. The third-order valence-corrected chi connectivity index (χ3v) is 2.96. The molecule has 0 radical (unpaired) electrons. The van der Waals surface area contributed by atoms with Crippen LogP contribution < -0.4 is 10.6 Å². The second-order valence-corrected chi connectivity index (χ2v) is 4.67. The molecule has 0 saturated heterocycles. The van der Waals surface area contributed by atoms with Crippen LogP contribution >= 0.6 is 11.6 Å². The Hall–Kier alpha value is -2.60. The molecular formula is C14H12ClN3O3. The van der Waals surface area contributed by atoms with E-state index in [1.807, 2.05) is 6.92 Å². The van der Waals surface area contributed by atoms with Crippen molar-refractivity contribution in [3.63, 3.8) is 0 Å². The van der Waals surface area contributed by atoms with E-state index in [9.17, 15) is 9.59 Å². The number of aryl methyl sites for hydroxylation is 1. The maximum atomic E-state index is 11.8. The molecule has 0 fully saturated rings. The first-order valence-corrected chi connectivity index (χ1v) is 6.37. The van der Waals surface area contributed by atoms with Gasteiger partial charge in [0, 0.05) is 5.69 Å². The summed E-state index contributed by atoms with van der Waals surface area (Å²) in [5, 5.41) is 14.2. The van der Waals surface area contributed by atoms with Gasteiger partial charge in [-0.2, -0.15) is 0 Å². The summed E-state index contributed by atoms with van der Waals surface area (Å²) in [5.41, 5.74) is 1.60. The highest BCUT2D eigenvalue weighted by Crippen LogP contribution is 2.23. The fourth-order valence-corrected chi connectivity index (χ4v) is 1.75. The molecule has 1 aromatic carbocycles. The largest absolute Gasteiger partial charge is 0.478 e. The minimum absolute atomic E-state index is 0.0340. The maximum Gasteiger partial charge on any atom is 0.335 e. The Labute approximate surface area is 125 Å². The van der Waals surface area contributed by atoms with Crippen molar-refractivity contribution >= 4 is 35.0 Å². The summed E-state index contributed by atoms with van der Waals surface area (Å²) < 4.78 is 0. The van der Waals surface area contributed by atoms with E-state index in [2.05, 4.69) is 15.6 Å². The van der Waals surface area contributed by atoms with Gasteiger partial charge in [-0.25, -0.2) is 9.59 Å². The second-order valence-electron chi connectivity index (χ2n) is 4.27. The normalized spacial score (nSPS) is 10.0.